The van der Waals surface area contributed by atoms with E-state index in [1.54, 1.807) is 37.3 Å². The van der Waals surface area contributed by atoms with Gasteiger partial charge in [0.05, 0.1) is 16.5 Å². The van der Waals surface area contributed by atoms with Crippen molar-refractivity contribution >= 4 is 39.0 Å². The van der Waals surface area contributed by atoms with Gasteiger partial charge in [-0.3, -0.25) is 14.4 Å². The molecule has 0 saturated carbocycles. The quantitative estimate of drug-likeness (QED) is 0.647. The topological polar surface area (TPSA) is 122 Å². The Kier molecular flexibility index (Phi) is 6.22. The van der Waals surface area contributed by atoms with Crippen LogP contribution in [0.25, 0.3) is 0 Å². The van der Waals surface area contributed by atoms with Crippen LogP contribution >= 0.6 is 0 Å². The predicted octanol–water partition coefficient (Wildman–Crippen LogP) is 2.57. The number of ketones is 1. The lowest BCUT2D eigenvalue weighted by atomic mass is 9.98. The van der Waals surface area contributed by atoms with E-state index >= 15 is 0 Å². The van der Waals surface area contributed by atoms with Crippen molar-refractivity contribution < 1.29 is 27.5 Å². The molecule has 4 rings (SSSR count). The van der Waals surface area contributed by atoms with E-state index in [9.17, 15) is 22.8 Å². The molecule has 2 amide bonds. The highest BCUT2D eigenvalue weighted by Gasteiger charge is 2.35. The van der Waals surface area contributed by atoms with Crippen molar-refractivity contribution in [3.05, 3.63) is 47.5 Å². The molecule has 2 heterocycles. The Balaban J connectivity index is 1.52. The highest BCUT2D eigenvalue weighted by molar-refractivity contribution is 7.89. The summed E-state index contributed by atoms with van der Waals surface area (Å²) in [4.78, 5) is 36.1. The molecular formula is C23H25N3O6S. The number of amides is 2. The number of hydrogen-bond acceptors (Lipinski definition) is 6. The average molecular weight is 472 g/mol. The number of piperidine rings is 1. The summed E-state index contributed by atoms with van der Waals surface area (Å²) >= 11 is 0. The Morgan fingerprint density at radius 2 is 2.00 bits per heavy atom. The van der Waals surface area contributed by atoms with Crippen molar-refractivity contribution in [2.75, 3.05) is 30.3 Å². The summed E-state index contributed by atoms with van der Waals surface area (Å²) in [5.74, 6) is -0.913. The molecule has 0 radical (unpaired) electrons. The number of sulfonamides is 1. The normalized spacial score (nSPS) is 18.6. The van der Waals surface area contributed by atoms with Crippen molar-refractivity contribution in [3.8, 4) is 5.75 Å². The lowest BCUT2D eigenvalue weighted by molar-refractivity contribution is -0.121. The van der Waals surface area contributed by atoms with E-state index < -0.39 is 15.9 Å². The minimum absolute atomic E-state index is 0.0503. The molecule has 174 valence electrons. The highest BCUT2D eigenvalue weighted by atomic mass is 32.2. The molecule has 2 aromatic carbocycles. The zero-order chi connectivity index (χ0) is 23.8. The van der Waals surface area contributed by atoms with Gasteiger partial charge in [0.2, 0.25) is 15.9 Å². The van der Waals surface area contributed by atoms with Crippen molar-refractivity contribution in [3.63, 3.8) is 0 Å². The third-order valence-electron chi connectivity index (χ3n) is 5.82. The second-order valence-corrected chi connectivity index (χ2v) is 10.2. The number of benzene rings is 2. The fourth-order valence-corrected chi connectivity index (χ4v) is 5.81. The molecule has 9 nitrogen and oxygen atoms in total. The molecule has 2 N–H and O–H groups in total. The van der Waals surface area contributed by atoms with E-state index in [1.807, 2.05) is 0 Å². The number of rotatable bonds is 5. The van der Waals surface area contributed by atoms with E-state index in [4.69, 9.17) is 4.74 Å². The van der Waals surface area contributed by atoms with Gasteiger partial charge in [0, 0.05) is 30.4 Å². The van der Waals surface area contributed by atoms with Crippen molar-refractivity contribution in [2.24, 2.45) is 5.92 Å². The van der Waals surface area contributed by atoms with Crippen LogP contribution in [0.15, 0.2) is 41.3 Å². The molecule has 1 saturated heterocycles. The summed E-state index contributed by atoms with van der Waals surface area (Å²) in [7, 11) is -3.88. The number of carbonyl (C=O) groups is 3. The van der Waals surface area contributed by atoms with Crippen LogP contribution in [0.2, 0.25) is 0 Å². The van der Waals surface area contributed by atoms with Crippen LogP contribution in [-0.2, 0) is 19.6 Å². The molecule has 1 atom stereocenters. The van der Waals surface area contributed by atoms with Crippen LogP contribution < -0.4 is 15.4 Å². The SMILES string of the molecule is CC(=O)c1cccc(NC(=O)C2CCCN(S(=O)(=O)c3cc4c(cc3C)NC(=O)CO4)C2)c1. The minimum Gasteiger partial charge on any atom is -0.482 e. The largest absolute Gasteiger partial charge is 0.482 e. The van der Waals surface area contributed by atoms with E-state index in [1.165, 1.54) is 17.3 Å². The first-order valence-electron chi connectivity index (χ1n) is 10.6. The first-order chi connectivity index (χ1) is 15.6. The van der Waals surface area contributed by atoms with Crippen molar-refractivity contribution in [2.45, 2.75) is 31.6 Å². The van der Waals surface area contributed by atoms with Gasteiger partial charge in [-0.2, -0.15) is 4.31 Å². The maximum absolute atomic E-state index is 13.4. The Morgan fingerprint density at radius 3 is 2.76 bits per heavy atom. The number of anilines is 2. The van der Waals surface area contributed by atoms with Gasteiger partial charge >= 0.3 is 0 Å². The number of nitrogens with one attached hydrogen (secondary N) is 2. The Bertz CT molecular complexity index is 1240. The van der Waals surface area contributed by atoms with Gasteiger partial charge in [0.15, 0.2) is 12.4 Å². The molecule has 0 aromatic heterocycles. The second-order valence-electron chi connectivity index (χ2n) is 8.28. The predicted molar refractivity (Wildman–Crippen MR) is 122 cm³/mol. The summed E-state index contributed by atoms with van der Waals surface area (Å²) in [5.41, 5.74) is 1.90. The van der Waals surface area contributed by atoms with E-state index in [0.717, 1.165) is 0 Å². The molecule has 33 heavy (non-hydrogen) atoms. The first kappa shape index (κ1) is 22.9. The van der Waals surface area contributed by atoms with Gasteiger partial charge in [-0.05, 0) is 50.5 Å². The maximum Gasteiger partial charge on any atom is 0.262 e. The standard InChI is InChI=1S/C23H25N3O6S/c1-14-9-19-20(32-13-22(28)25-19)11-21(14)33(30,31)26-8-4-6-17(12-26)23(29)24-18-7-3-5-16(10-18)15(2)27/h3,5,7,9-11,17H,4,6,8,12-13H2,1-2H3,(H,24,29)(H,25,28). The molecule has 2 aliphatic heterocycles. The molecule has 1 unspecified atom stereocenters. The molecule has 0 aliphatic carbocycles. The molecule has 2 aromatic rings. The maximum atomic E-state index is 13.4. The van der Waals surface area contributed by atoms with E-state index in [0.29, 0.717) is 47.6 Å². The zero-order valence-electron chi connectivity index (χ0n) is 18.4. The molecule has 1 fully saturated rings. The summed E-state index contributed by atoms with van der Waals surface area (Å²) < 4.78 is 33.5. The van der Waals surface area contributed by atoms with Gasteiger partial charge in [0.1, 0.15) is 5.75 Å². The van der Waals surface area contributed by atoms with Crippen LogP contribution in [-0.4, -0.2) is 50.0 Å². The van der Waals surface area contributed by atoms with Gasteiger partial charge in [-0.15, -0.1) is 0 Å². The molecule has 0 bridgehead atoms. The van der Waals surface area contributed by atoms with Crippen LogP contribution in [0, 0.1) is 12.8 Å². The van der Waals surface area contributed by atoms with Gasteiger partial charge in [-0.25, -0.2) is 8.42 Å². The zero-order valence-corrected chi connectivity index (χ0v) is 19.2. The smallest absolute Gasteiger partial charge is 0.262 e. The Labute approximate surface area is 192 Å². The first-order valence-corrected chi connectivity index (χ1v) is 12.1. The third-order valence-corrected chi connectivity index (χ3v) is 7.83. The summed E-state index contributed by atoms with van der Waals surface area (Å²) in [6, 6.07) is 9.66. The van der Waals surface area contributed by atoms with Crippen molar-refractivity contribution in [1.29, 1.82) is 0 Å². The van der Waals surface area contributed by atoms with Crippen LogP contribution in [0.3, 0.4) is 0 Å². The highest BCUT2D eigenvalue weighted by Crippen LogP contribution is 2.35. The van der Waals surface area contributed by atoms with Gasteiger partial charge < -0.3 is 15.4 Å². The second kappa shape index (κ2) is 8.95. The number of nitrogens with zero attached hydrogens (tertiary/aromatic N) is 1. The lowest BCUT2D eigenvalue weighted by Gasteiger charge is -2.32. The number of ether oxygens (including phenoxy) is 1. The number of carbonyl (C=O) groups excluding carboxylic acids is 3. The fourth-order valence-electron chi connectivity index (χ4n) is 4.07. The minimum atomic E-state index is -3.88. The number of aryl methyl sites for hydroxylation is 1. The van der Waals surface area contributed by atoms with Crippen LogP contribution in [0.1, 0.15) is 35.7 Å². The third kappa shape index (κ3) is 4.76. The summed E-state index contributed by atoms with van der Waals surface area (Å²) in [6.45, 7) is 3.29. The molecule has 0 spiro atoms. The average Bonchev–Trinajstić information content (AvgIpc) is 2.78. The summed E-state index contributed by atoms with van der Waals surface area (Å²) in [6.07, 6.45) is 1.10. The number of fused-ring (bicyclic) bond motifs is 1. The molecule has 2 aliphatic rings. The Morgan fingerprint density at radius 1 is 1.21 bits per heavy atom. The van der Waals surface area contributed by atoms with E-state index in [2.05, 4.69) is 10.6 Å². The van der Waals surface area contributed by atoms with Crippen LogP contribution in [0.4, 0.5) is 11.4 Å². The fraction of sp³-hybridized carbons (Fsp3) is 0.348. The van der Waals surface area contributed by atoms with E-state index in [-0.39, 0.29) is 35.6 Å². The van der Waals surface area contributed by atoms with Crippen molar-refractivity contribution in [1.82, 2.24) is 4.31 Å². The molecular weight excluding hydrogens is 446 g/mol. The Hall–Kier alpha value is -3.24. The van der Waals surface area contributed by atoms with Gasteiger partial charge in [0.25, 0.3) is 5.91 Å². The number of Topliss-reactive ketones (excluding diaryl/α,β-unsaturated/α-hetero) is 1. The lowest BCUT2D eigenvalue weighted by Crippen LogP contribution is -2.43. The van der Waals surface area contributed by atoms with Crippen LogP contribution in [0.5, 0.6) is 5.75 Å². The summed E-state index contributed by atoms with van der Waals surface area (Å²) in [5, 5.41) is 5.47. The molecule has 10 heteroatoms. The van der Waals surface area contributed by atoms with Gasteiger partial charge in [-0.1, -0.05) is 12.1 Å². The monoisotopic (exact) mass is 471 g/mol. The number of hydrogen-bond donors (Lipinski definition) is 2.